The summed E-state index contributed by atoms with van der Waals surface area (Å²) in [6.07, 6.45) is 0.979. The van der Waals surface area contributed by atoms with E-state index in [0.29, 0.717) is 19.0 Å². The largest absolute Gasteiger partial charge is 0.491 e. The smallest absolute Gasteiger partial charge is 0.123 e. The lowest BCUT2D eigenvalue weighted by atomic mass is 10.0. The molecule has 2 atom stereocenters. The highest BCUT2D eigenvalue weighted by Gasteiger charge is 2.20. The van der Waals surface area contributed by atoms with Crippen LogP contribution >= 0.6 is 11.6 Å². The Kier molecular flexibility index (Phi) is 6.72. The van der Waals surface area contributed by atoms with Gasteiger partial charge in [0.1, 0.15) is 18.5 Å². The van der Waals surface area contributed by atoms with Gasteiger partial charge in [0.05, 0.1) is 6.10 Å². The number of aliphatic hydroxyl groups is 2. The van der Waals surface area contributed by atoms with Crippen LogP contribution < -0.4 is 4.74 Å². The van der Waals surface area contributed by atoms with Gasteiger partial charge < -0.3 is 14.9 Å². The Morgan fingerprint density at radius 3 is 2.78 bits per heavy atom. The van der Waals surface area contributed by atoms with Crippen molar-refractivity contribution in [2.75, 3.05) is 26.2 Å². The van der Waals surface area contributed by atoms with Gasteiger partial charge in [-0.05, 0) is 55.5 Å². The van der Waals surface area contributed by atoms with E-state index < -0.39 is 6.10 Å². The molecule has 4 nitrogen and oxygen atoms in total. The molecule has 0 bridgehead atoms. The second-order valence-corrected chi connectivity index (χ2v) is 7.22. The third kappa shape index (κ3) is 5.35. The molecule has 2 unspecified atom stereocenters. The quantitative estimate of drug-likeness (QED) is 0.835. The Bertz CT molecular complexity index is 521. The van der Waals surface area contributed by atoms with Crippen LogP contribution in [-0.4, -0.2) is 53.6 Å². The molecule has 1 saturated heterocycles. The van der Waals surface area contributed by atoms with E-state index in [4.69, 9.17) is 16.3 Å². The van der Waals surface area contributed by atoms with E-state index in [9.17, 15) is 10.2 Å². The van der Waals surface area contributed by atoms with E-state index in [1.54, 1.807) is 0 Å². The molecule has 1 heterocycles. The Morgan fingerprint density at radius 2 is 2.13 bits per heavy atom. The van der Waals surface area contributed by atoms with Crippen molar-refractivity contribution in [1.29, 1.82) is 0 Å². The summed E-state index contributed by atoms with van der Waals surface area (Å²) in [6, 6.07) is 3.89. The molecule has 1 aliphatic heterocycles. The summed E-state index contributed by atoms with van der Waals surface area (Å²) in [5.41, 5.74) is 2.03. The van der Waals surface area contributed by atoms with E-state index >= 15 is 0 Å². The first kappa shape index (κ1) is 18.5. The fraction of sp³-hybridized carbons (Fsp3) is 0.667. The number of nitrogens with zero attached hydrogens (tertiary/aromatic N) is 1. The molecule has 1 aromatic rings. The van der Waals surface area contributed by atoms with Gasteiger partial charge in [-0.3, -0.25) is 4.90 Å². The summed E-state index contributed by atoms with van der Waals surface area (Å²) < 4.78 is 5.87. The molecule has 5 heteroatoms. The van der Waals surface area contributed by atoms with Gasteiger partial charge in [-0.15, -0.1) is 0 Å². The highest BCUT2D eigenvalue weighted by molar-refractivity contribution is 6.31. The highest BCUT2D eigenvalue weighted by atomic mass is 35.5. The molecule has 0 saturated carbocycles. The monoisotopic (exact) mass is 341 g/mol. The number of aryl methyl sites for hydroxylation is 1. The van der Waals surface area contributed by atoms with Gasteiger partial charge in [0, 0.05) is 18.1 Å². The summed E-state index contributed by atoms with van der Waals surface area (Å²) in [5, 5.41) is 20.7. The van der Waals surface area contributed by atoms with Crippen LogP contribution in [0, 0.1) is 6.92 Å². The summed E-state index contributed by atoms with van der Waals surface area (Å²) >= 11 is 6.20. The van der Waals surface area contributed by atoms with E-state index in [-0.39, 0.29) is 12.7 Å². The molecule has 0 amide bonds. The number of aliphatic hydroxyl groups excluding tert-OH is 2. The molecule has 1 fully saturated rings. The van der Waals surface area contributed by atoms with Crippen LogP contribution in [-0.2, 0) is 0 Å². The fourth-order valence-electron chi connectivity index (χ4n) is 2.98. The first-order valence-corrected chi connectivity index (χ1v) is 8.76. The second-order valence-electron chi connectivity index (χ2n) is 6.81. The molecule has 2 N–H and O–H groups in total. The maximum absolute atomic E-state index is 10.2. The first-order chi connectivity index (χ1) is 10.9. The molecular formula is C18H28ClNO3. The fourth-order valence-corrected chi connectivity index (χ4v) is 3.15. The number of benzene rings is 1. The van der Waals surface area contributed by atoms with Gasteiger partial charge in [-0.2, -0.15) is 0 Å². The van der Waals surface area contributed by atoms with Crippen molar-refractivity contribution in [3.8, 4) is 5.75 Å². The Balaban J connectivity index is 1.93. The minimum absolute atomic E-state index is 0.243. The maximum atomic E-state index is 10.2. The summed E-state index contributed by atoms with van der Waals surface area (Å²) in [4.78, 5) is 2.10. The lowest BCUT2D eigenvalue weighted by Crippen LogP contribution is -2.43. The van der Waals surface area contributed by atoms with Crippen molar-refractivity contribution in [3.05, 3.63) is 28.3 Å². The van der Waals surface area contributed by atoms with Crippen molar-refractivity contribution in [2.24, 2.45) is 0 Å². The van der Waals surface area contributed by atoms with Crippen molar-refractivity contribution in [1.82, 2.24) is 4.90 Å². The molecule has 23 heavy (non-hydrogen) atoms. The van der Waals surface area contributed by atoms with Crippen molar-refractivity contribution in [2.45, 2.75) is 51.7 Å². The molecule has 0 radical (unpaired) electrons. The van der Waals surface area contributed by atoms with Gasteiger partial charge in [0.25, 0.3) is 0 Å². The number of rotatable bonds is 6. The van der Waals surface area contributed by atoms with E-state index in [1.807, 2.05) is 19.1 Å². The standard InChI is InChI=1S/C18H28ClNO3/c1-12(2)16-8-17(19)13(3)7-18(16)23-11-15(22)10-20-6-4-5-14(21)9-20/h7-8,12,14-15,21-22H,4-6,9-11H2,1-3H3. The van der Waals surface area contributed by atoms with Crippen LogP contribution in [0.4, 0.5) is 0 Å². The van der Waals surface area contributed by atoms with Gasteiger partial charge in [0.2, 0.25) is 0 Å². The predicted octanol–water partition coefficient (Wildman–Crippen LogP) is 2.97. The highest BCUT2D eigenvalue weighted by Crippen LogP contribution is 2.32. The molecule has 0 aromatic heterocycles. The molecule has 1 aliphatic rings. The summed E-state index contributed by atoms with van der Waals surface area (Å²) in [7, 11) is 0. The van der Waals surface area contributed by atoms with Gasteiger partial charge >= 0.3 is 0 Å². The number of piperidine rings is 1. The minimum Gasteiger partial charge on any atom is -0.491 e. The molecule has 2 rings (SSSR count). The summed E-state index contributed by atoms with van der Waals surface area (Å²) in [5.74, 6) is 1.09. The van der Waals surface area contributed by atoms with Crippen molar-refractivity contribution in [3.63, 3.8) is 0 Å². The zero-order valence-electron chi connectivity index (χ0n) is 14.3. The predicted molar refractivity (Wildman–Crippen MR) is 93.5 cm³/mol. The Hall–Kier alpha value is -0.810. The minimum atomic E-state index is -0.573. The van der Waals surface area contributed by atoms with Crippen molar-refractivity contribution < 1.29 is 14.9 Å². The van der Waals surface area contributed by atoms with Gasteiger partial charge in [-0.25, -0.2) is 0 Å². The molecule has 0 spiro atoms. The first-order valence-electron chi connectivity index (χ1n) is 8.38. The average Bonchev–Trinajstić information content (AvgIpc) is 2.47. The average molecular weight is 342 g/mol. The third-order valence-electron chi connectivity index (χ3n) is 4.29. The zero-order chi connectivity index (χ0) is 17.0. The van der Waals surface area contributed by atoms with Crippen LogP contribution in [0.1, 0.15) is 43.7 Å². The van der Waals surface area contributed by atoms with Gasteiger partial charge in [-0.1, -0.05) is 25.4 Å². The maximum Gasteiger partial charge on any atom is 0.123 e. The SMILES string of the molecule is Cc1cc(OCC(O)CN2CCCC(O)C2)c(C(C)C)cc1Cl. The van der Waals surface area contributed by atoms with Crippen LogP contribution in [0.2, 0.25) is 5.02 Å². The number of β-amino-alcohol motifs (C(OH)–C–C–N with tert-alkyl or cyclic N) is 2. The number of likely N-dealkylation sites (tertiary alicyclic amines) is 1. The topological polar surface area (TPSA) is 52.9 Å². The normalized spacial score (nSPS) is 20.7. The van der Waals surface area contributed by atoms with Crippen LogP contribution in [0.5, 0.6) is 5.75 Å². The summed E-state index contributed by atoms with van der Waals surface area (Å²) in [6.45, 7) is 8.47. The number of hydrogen-bond donors (Lipinski definition) is 2. The number of hydrogen-bond acceptors (Lipinski definition) is 4. The Labute approximate surface area is 144 Å². The molecular weight excluding hydrogens is 314 g/mol. The molecule has 130 valence electrons. The van der Waals surface area contributed by atoms with Crippen LogP contribution in [0.25, 0.3) is 0 Å². The molecule has 0 aliphatic carbocycles. The zero-order valence-corrected chi connectivity index (χ0v) is 15.0. The van der Waals surface area contributed by atoms with E-state index in [0.717, 1.165) is 41.3 Å². The lowest BCUT2D eigenvalue weighted by Gasteiger charge is -2.31. The van der Waals surface area contributed by atoms with Crippen LogP contribution in [0.3, 0.4) is 0 Å². The van der Waals surface area contributed by atoms with Crippen LogP contribution in [0.15, 0.2) is 12.1 Å². The number of ether oxygens (including phenoxy) is 1. The van der Waals surface area contributed by atoms with E-state index in [1.165, 1.54) is 0 Å². The third-order valence-corrected chi connectivity index (χ3v) is 4.70. The van der Waals surface area contributed by atoms with Crippen molar-refractivity contribution >= 4 is 11.6 Å². The molecule has 1 aromatic carbocycles. The van der Waals surface area contributed by atoms with E-state index in [2.05, 4.69) is 18.7 Å². The second kappa shape index (κ2) is 8.34. The Morgan fingerprint density at radius 1 is 1.39 bits per heavy atom. The number of halogens is 1. The van der Waals surface area contributed by atoms with Gasteiger partial charge in [0.15, 0.2) is 0 Å². The lowest BCUT2D eigenvalue weighted by molar-refractivity contribution is 0.0241.